The lowest BCUT2D eigenvalue weighted by Crippen LogP contribution is -2.39. The topological polar surface area (TPSA) is 50.4 Å². The number of hydrogen-bond acceptors (Lipinski definition) is 3. The summed E-state index contributed by atoms with van der Waals surface area (Å²) in [6, 6.07) is 5.99. The van der Waals surface area contributed by atoms with Crippen LogP contribution in [-0.2, 0) is 16.0 Å². The number of para-hydroxylation sites is 1. The predicted molar refractivity (Wildman–Crippen MR) is 73.0 cm³/mol. The minimum atomic E-state index is -0.822. The summed E-state index contributed by atoms with van der Waals surface area (Å²) in [5.41, 5.74) is 2.32. The molecule has 0 saturated carbocycles. The van der Waals surface area contributed by atoms with Crippen LogP contribution in [0, 0.1) is 0 Å². The number of ether oxygens (including phenoxy) is 1. The summed E-state index contributed by atoms with van der Waals surface area (Å²) < 4.78 is 5.18. The van der Waals surface area contributed by atoms with Gasteiger partial charge in [-0.05, 0) is 38.3 Å². The SMILES string of the molecule is COC(C)(C)C(=O)Nc1cccc2c1NCCC2. The molecule has 0 fully saturated rings. The summed E-state index contributed by atoms with van der Waals surface area (Å²) >= 11 is 0. The maximum absolute atomic E-state index is 12.1. The Labute approximate surface area is 108 Å². The fourth-order valence-corrected chi connectivity index (χ4v) is 1.98. The first-order chi connectivity index (χ1) is 8.54. The Hall–Kier alpha value is -1.55. The Morgan fingerprint density at radius 1 is 1.44 bits per heavy atom. The molecule has 2 N–H and O–H groups in total. The number of amides is 1. The van der Waals surface area contributed by atoms with Crippen LogP contribution in [0.1, 0.15) is 25.8 Å². The second-order valence-corrected chi connectivity index (χ2v) is 5.04. The predicted octanol–water partition coefficient (Wildman–Crippen LogP) is 2.41. The van der Waals surface area contributed by atoms with Gasteiger partial charge in [-0.25, -0.2) is 0 Å². The third-order valence-corrected chi connectivity index (χ3v) is 3.38. The van der Waals surface area contributed by atoms with Crippen LogP contribution in [0.3, 0.4) is 0 Å². The van der Waals surface area contributed by atoms with Gasteiger partial charge in [0.1, 0.15) is 5.60 Å². The largest absolute Gasteiger partial charge is 0.383 e. The van der Waals surface area contributed by atoms with E-state index in [0.717, 1.165) is 30.8 Å². The minimum Gasteiger partial charge on any atom is -0.383 e. The van der Waals surface area contributed by atoms with Crippen molar-refractivity contribution in [2.45, 2.75) is 32.3 Å². The molecule has 2 rings (SSSR count). The molecule has 0 atom stereocenters. The van der Waals surface area contributed by atoms with E-state index in [1.54, 1.807) is 13.8 Å². The molecule has 0 aliphatic carbocycles. The lowest BCUT2D eigenvalue weighted by molar-refractivity contribution is -0.133. The summed E-state index contributed by atoms with van der Waals surface area (Å²) in [6.45, 7) is 4.46. The molecule has 1 aliphatic rings. The Kier molecular flexibility index (Phi) is 3.57. The maximum atomic E-state index is 12.1. The Morgan fingerprint density at radius 2 is 2.22 bits per heavy atom. The van der Waals surface area contributed by atoms with E-state index in [1.165, 1.54) is 12.7 Å². The van der Waals surface area contributed by atoms with Gasteiger partial charge < -0.3 is 15.4 Å². The summed E-state index contributed by atoms with van der Waals surface area (Å²) in [7, 11) is 1.54. The van der Waals surface area contributed by atoms with E-state index < -0.39 is 5.60 Å². The van der Waals surface area contributed by atoms with Gasteiger partial charge in [0.2, 0.25) is 0 Å². The van der Waals surface area contributed by atoms with Crippen LogP contribution in [0.5, 0.6) is 0 Å². The van der Waals surface area contributed by atoms with Gasteiger partial charge in [-0.15, -0.1) is 0 Å². The number of benzene rings is 1. The minimum absolute atomic E-state index is 0.134. The van der Waals surface area contributed by atoms with Gasteiger partial charge in [0.05, 0.1) is 11.4 Å². The van der Waals surface area contributed by atoms with E-state index in [0.29, 0.717) is 0 Å². The number of carbonyl (C=O) groups is 1. The molecular formula is C14H20N2O2. The number of aryl methyl sites for hydroxylation is 1. The Bertz CT molecular complexity index is 455. The number of nitrogens with one attached hydrogen (secondary N) is 2. The smallest absolute Gasteiger partial charge is 0.256 e. The van der Waals surface area contributed by atoms with Gasteiger partial charge in [0, 0.05) is 13.7 Å². The molecule has 0 spiro atoms. The monoisotopic (exact) mass is 248 g/mol. The molecule has 0 saturated heterocycles. The first-order valence-corrected chi connectivity index (χ1v) is 6.27. The van der Waals surface area contributed by atoms with Gasteiger partial charge in [0.25, 0.3) is 5.91 Å². The zero-order valence-corrected chi connectivity index (χ0v) is 11.2. The molecular weight excluding hydrogens is 228 g/mol. The highest BCUT2D eigenvalue weighted by atomic mass is 16.5. The van der Waals surface area contributed by atoms with Crippen LogP contribution in [0.15, 0.2) is 18.2 Å². The highest BCUT2D eigenvalue weighted by Gasteiger charge is 2.28. The molecule has 1 amide bonds. The molecule has 98 valence electrons. The van der Waals surface area contributed by atoms with Crippen molar-refractivity contribution in [3.05, 3.63) is 23.8 Å². The lowest BCUT2D eigenvalue weighted by Gasteiger charge is -2.25. The molecule has 1 aliphatic heterocycles. The Morgan fingerprint density at radius 3 is 2.94 bits per heavy atom. The fraction of sp³-hybridized carbons (Fsp3) is 0.500. The molecule has 1 heterocycles. The van der Waals surface area contributed by atoms with Crippen LogP contribution in [0.2, 0.25) is 0 Å². The van der Waals surface area contributed by atoms with Crippen molar-refractivity contribution in [1.82, 2.24) is 0 Å². The van der Waals surface area contributed by atoms with Gasteiger partial charge in [-0.2, -0.15) is 0 Å². The first-order valence-electron chi connectivity index (χ1n) is 6.27. The number of hydrogen-bond donors (Lipinski definition) is 2. The summed E-state index contributed by atoms with van der Waals surface area (Å²) in [5.74, 6) is -0.134. The second kappa shape index (κ2) is 4.98. The summed E-state index contributed by atoms with van der Waals surface area (Å²) in [4.78, 5) is 12.1. The van der Waals surface area contributed by atoms with Crippen LogP contribution in [0.25, 0.3) is 0 Å². The molecule has 0 aromatic heterocycles. The van der Waals surface area contributed by atoms with Crippen LogP contribution >= 0.6 is 0 Å². The average Bonchev–Trinajstić information content (AvgIpc) is 2.39. The van der Waals surface area contributed by atoms with E-state index in [9.17, 15) is 4.79 Å². The van der Waals surface area contributed by atoms with Gasteiger partial charge >= 0.3 is 0 Å². The number of methoxy groups -OCH3 is 1. The quantitative estimate of drug-likeness (QED) is 0.863. The third-order valence-electron chi connectivity index (χ3n) is 3.38. The molecule has 1 aromatic carbocycles. The van der Waals surface area contributed by atoms with Crippen molar-refractivity contribution < 1.29 is 9.53 Å². The third kappa shape index (κ3) is 2.48. The highest BCUT2D eigenvalue weighted by molar-refractivity contribution is 5.99. The maximum Gasteiger partial charge on any atom is 0.256 e. The number of anilines is 2. The van der Waals surface area contributed by atoms with E-state index >= 15 is 0 Å². The standard InChI is InChI=1S/C14H20N2O2/c1-14(2,18-3)13(17)16-11-8-4-6-10-7-5-9-15-12(10)11/h4,6,8,15H,5,7,9H2,1-3H3,(H,16,17). The molecule has 1 aromatic rings. The summed E-state index contributed by atoms with van der Waals surface area (Å²) in [6.07, 6.45) is 2.19. The van der Waals surface area contributed by atoms with Gasteiger partial charge in [-0.3, -0.25) is 4.79 Å². The van der Waals surface area contributed by atoms with Crippen molar-refractivity contribution in [1.29, 1.82) is 0 Å². The average molecular weight is 248 g/mol. The zero-order chi connectivity index (χ0) is 13.2. The first kappa shape index (κ1) is 12.9. The molecule has 18 heavy (non-hydrogen) atoms. The van der Waals surface area contributed by atoms with Crippen molar-refractivity contribution in [3.63, 3.8) is 0 Å². The summed E-state index contributed by atoms with van der Waals surface area (Å²) in [5, 5.41) is 6.29. The van der Waals surface area contributed by atoms with Gasteiger partial charge in [-0.1, -0.05) is 12.1 Å². The molecule has 4 heteroatoms. The second-order valence-electron chi connectivity index (χ2n) is 5.04. The number of rotatable bonds is 3. The van der Waals surface area contributed by atoms with E-state index in [1.807, 2.05) is 12.1 Å². The Balaban J connectivity index is 2.22. The molecule has 4 nitrogen and oxygen atoms in total. The van der Waals surface area contributed by atoms with E-state index in [-0.39, 0.29) is 5.91 Å². The van der Waals surface area contributed by atoms with Crippen LogP contribution in [-0.4, -0.2) is 25.2 Å². The van der Waals surface area contributed by atoms with E-state index in [2.05, 4.69) is 16.7 Å². The highest BCUT2D eigenvalue weighted by Crippen LogP contribution is 2.30. The number of fused-ring (bicyclic) bond motifs is 1. The number of carbonyl (C=O) groups excluding carboxylic acids is 1. The van der Waals surface area contributed by atoms with E-state index in [4.69, 9.17) is 4.74 Å². The zero-order valence-electron chi connectivity index (χ0n) is 11.2. The molecule has 0 radical (unpaired) electrons. The van der Waals surface area contributed by atoms with Gasteiger partial charge in [0.15, 0.2) is 0 Å². The normalized spacial score (nSPS) is 14.6. The molecule has 0 unspecified atom stereocenters. The van der Waals surface area contributed by atoms with Crippen LogP contribution in [0.4, 0.5) is 11.4 Å². The van der Waals surface area contributed by atoms with Crippen molar-refractivity contribution >= 4 is 17.3 Å². The van der Waals surface area contributed by atoms with Crippen molar-refractivity contribution in [3.8, 4) is 0 Å². The fourth-order valence-electron chi connectivity index (χ4n) is 1.98. The van der Waals surface area contributed by atoms with Crippen molar-refractivity contribution in [2.75, 3.05) is 24.3 Å². The van der Waals surface area contributed by atoms with Crippen LogP contribution < -0.4 is 10.6 Å². The molecule has 0 bridgehead atoms. The van der Waals surface area contributed by atoms with Crippen molar-refractivity contribution in [2.24, 2.45) is 0 Å². The lowest BCUT2D eigenvalue weighted by atomic mass is 10.0.